The molecule has 9 nitrogen and oxygen atoms in total. The number of hydrogen-bond acceptors (Lipinski definition) is 6. The fourth-order valence-corrected chi connectivity index (χ4v) is 3.40. The van der Waals surface area contributed by atoms with Crippen molar-refractivity contribution in [2.45, 2.75) is 13.5 Å². The van der Waals surface area contributed by atoms with Gasteiger partial charge in [-0.1, -0.05) is 11.6 Å². The van der Waals surface area contributed by atoms with E-state index >= 15 is 0 Å². The molecular weight excluding hydrogens is 545 g/mol. The third-order valence-corrected chi connectivity index (χ3v) is 5.56. The lowest BCUT2D eigenvalue weighted by molar-refractivity contribution is 0.151. The number of rotatable bonds is 9. The summed E-state index contributed by atoms with van der Waals surface area (Å²) in [6, 6.07) is 7.48. The van der Waals surface area contributed by atoms with Gasteiger partial charge in [-0.15, -0.1) is 34.2 Å². The predicted molar refractivity (Wildman–Crippen MR) is 137 cm³/mol. The molecule has 0 atom stereocenters. The number of aryl methyl sites for hydroxylation is 1. The van der Waals surface area contributed by atoms with Crippen molar-refractivity contribution in [2.75, 3.05) is 59.6 Å². The van der Waals surface area contributed by atoms with Crippen LogP contribution in [0.25, 0.3) is 0 Å². The molecule has 0 amide bonds. The molecule has 1 aromatic heterocycles. The first kappa shape index (κ1) is 26.6. The lowest BCUT2D eigenvalue weighted by Gasteiger charge is -2.36. The maximum atomic E-state index is 5.91. The van der Waals surface area contributed by atoms with E-state index in [1.54, 1.807) is 7.11 Å². The van der Waals surface area contributed by atoms with Crippen LogP contribution in [0, 0.1) is 6.92 Å². The first-order chi connectivity index (χ1) is 15.1. The predicted octanol–water partition coefficient (Wildman–Crippen LogP) is 2.18. The molecule has 0 radical (unpaired) electrons. The summed E-state index contributed by atoms with van der Waals surface area (Å²) in [7, 11) is 3.66. The van der Waals surface area contributed by atoms with E-state index < -0.39 is 0 Å². The van der Waals surface area contributed by atoms with Gasteiger partial charge in [-0.25, -0.2) is 4.99 Å². The van der Waals surface area contributed by atoms with Crippen LogP contribution >= 0.6 is 35.6 Å². The maximum absolute atomic E-state index is 5.91. The van der Waals surface area contributed by atoms with E-state index in [2.05, 4.69) is 25.3 Å². The average Bonchev–Trinajstić information content (AvgIpc) is 3.10. The third kappa shape index (κ3) is 8.05. The second kappa shape index (κ2) is 13.8. The molecule has 0 unspecified atom stereocenters. The number of nitrogens with one attached hydrogen (secondary N) is 1. The van der Waals surface area contributed by atoms with Crippen LogP contribution in [0.5, 0.6) is 5.75 Å². The minimum Gasteiger partial charge on any atom is -0.492 e. The first-order valence-corrected chi connectivity index (χ1v) is 10.9. The number of nitrogens with zero attached hydrogens (tertiary/aromatic N) is 6. The van der Waals surface area contributed by atoms with E-state index in [9.17, 15) is 0 Å². The molecule has 0 bridgehead atoms. The topological polar surface area (TPSA) is 80.0 Å². The summed E-state index contributed by atoms with van der Waals surface area (Å²) in [5, 5.41) is 12.4. The van der Waals surface area contributed by atoms with Gasteiger partial charge in [0.15, 0.2) is 11.8 Å². The van der Waals surface area contributed by atoms with Gasteiger partial charge < -0.3 is 24.3 Å². The number of benzene rings is 1. The number of piperazine rings is 1. The van der Waals surface area contributed by atoms with Crippen molar-refractivity contribution in [2.24, 2.45) is 12.0 Å². The molecule has 0 saturated carbocycles. The molecule has 1 aliphatic heterocycles. The molecule has 2 aromatic rings. The van der Waals surface area contributed by atoms with Crippen LogP contribution in [0.2, 0.25) is 5.02 Å². The Morgan fingerprint density at radius 1 is 1.12 bits per heavy atom. The fraction of sp³-hybridized carbons (Fsp3) is 0.571. The fourth-order valence-electron chi connectivity index (χ4n) is 3.27. The standard InChI is InChI=1S/C21H32ClN7O2.HI/c1-17-25-26-20(27(17)2)16-24-21(23-8-14-30-3)29-11-9-28(10-12-29)13-15-31-19-6-4-18(22)5-7-19;/h4-7H,8-16H2,1-3H3,(H,23,24);1H. The molecule has 1 aromatic carbocycles. The Bertz CT molecular complexity index is 839. The monoisotopic (exact) mass is 577 g/mol. The number of ether oxygens (including phenoxy) is 2. The molecule has 178 valence electrons. The number of guanidine groups is 1. The zero-order valence-corrected chi connectivity index (χ0v) is 22.0. The minimum absolute atomic E-state index is 0. The van der Waals surface area contributed by atoms with Gasteiger partial charge in [0.25, 0.3) is 0 Å². The Balaban J connectivity index is 0.00000363. The van der Waals surface area contributed by atoms with Crippen molar-refractivity contribution in [3.63, 3.8) is 0 Å². The van der Waals surface area contributed by atoms with Crippen LogP contribution in [0.1, 0.15) is 11.6 Å². The van der Waals surface area contributed by atoms with Crippen LogP contribution in [0.4, 0.5) is 0 Å². The van der Waals surface area contributed by atoms with Gasteiger partial charge in [-0.3, -0.25) is 4.90 Å². The van der Waals surface area contributed by atoms with E-state index in [0.29, 0.717) is 31.3 Å². The van der Waals surface area contributed by atoms with E-state index in [-0.39, 0.29) is 24.0 Å². The average molecular weight is 578 g/mol. The maximum Gasteiger partial charge on any atom is 0.194 e. The second-order valence-electron chi connectivity index (χ2n) is 7.41. The number of halogens is 2. The van der Waals surface area contributed by atoms with Crippen molar-refractivity contribution in [1.29, 1.82) is 0 Å². The van der Waals surface area contributed by atoms with E-state index in [1.165, 1.54) is 0 Å². The van der Waals surface area contributed by atoms with Gasteiger partial charge in [0.1, 0.15) is 24.7 Å². The van der Waals surface area contributed by atoms with Gasteiger partial charge >= 0.3 is 0 Å². The SMILES string of the molecule is COCCNC(=NCc1nnc(C)n1C)N1CCN(CCOc2ccc(Cl)cc2)CC1.I. The molecule has 3 rings (SSSR count). The highest BCUT2D eigenvalue weighted by Crippen LogP contribution is 2.15. The van der Waals surface area contributed by atoms with Crippen molar-refractivity contribution < 1.29 is 9.47 Å². The summed E-state index contributed by atoms with van der Waals surface area (Å²) < 4.78 is 13.0. The zero-order valence-electron chi connectivity index (χ0n) is 19.0. The Kier molecular flexibility index (Phi) is 11.5. The van der Waals surface area contributed by atoms with Crippen molar-refractivity contribution >= 4 is 41.5 Å². The van der Waals surface area contributed by atoms with E-state index in [0.717, 1.165) is 56.1 Å². The van der Waals surface area contributed by atoms with Gasteiger partial charge in [0.05, 0.1) is 6.61 Å². The Morgan fingerprint density at radius 3 is 2.47 bits per heavy atom. The zero-order chi connectivity index (χ0) is 22.1. The largest absolute Gasteiger partial charge is 0.492 e. The summed E-state index contributed by atoms with van der Waals surface area (Å²) in [6.07, 6.45) is 0. The highest BCUT2D eigenvalue weighted by molar-refractivity contribution is 14.0. The smallest absolute Gasteiger partial charge is 0.194 e. The Hall–Kier alpha value is -1.63. The molecule has 1 saturated heterocycles. The summed E-state index contributed by atoms with van der Waals surface area (Å²) in [4.78, 5) is 9.49. The number of methoxy groups -OCH3 is 1. The Labute approximate surface area is 212 Å². The van der Waals surface area contributed by atoms with Gasteiger partial charge in [-0.05, 0) is 31.2 Å². The van der Waals surface area contributed by atoms with Crippen LogP contribution in [0.3, 0.4) is 0 Å². The minimum atomic E-state index is 0. The highest BCUT2D eigenvalue weighted by atomic mass is 127. The molecule has 1 N–H and O–H groups in total. The van der Waals surface area contributed by atoms with E-state index in [4.69, 9.17) is 26.1 Å². The van der Waals surface area contributed by atoms with Crippen LogP contribution < -0.4 is 10.1 Å². The molecule has 32 heavy (non-hydrogen) atoms. The molecule has 1 aliphatic rings. The highest BCUT2D eigenvalue weighted by Gasteiger charge is 2.20. The van der Waals surface area contributed by atoms with Gasteiger partial charge in [0.2, 0.25) is 0 Å². The van der Waals surface area contributed by atoms with Crippen LogP contribution in [-0.4, -0.2) is 90.1 Å². The van der Waals surface area contributed by atoms with E-state index in [1.807, 2.05) is 42.8 Å². The van der Waals surface area contributed by atoms with Crippen molar-refractivity contribution in [3.05, 3.63) is 40.9 Å². The lowest BCUT2D eigenvalue weighted by Crippen LogP contribution is -2.53. The van der Waals surface area contributed by atoms with Crippen molar-refractivity contribution in [1.82, 2.24) is 29.9 Å². The number of hydrogen-bond donors (Lipinski definition) is 1. The molecule has 11 heteroatoms. The first-order valence-electron chi connectivity index (χ1n) is 10.5. The molecule has 0 spiro atoms. The quantitative estimate of drug-likeness (QED) is 0.212. The lowest BCUT2D eigenvalue weighted by atomic mass is 10.3. The van der Waals surface area contributed by atoms with Crippen LogP contribution in [-0.2, 0) is 18.3 Å². The summed E-state index contributed by atoms with van der Waals surface area (Å²) in [5.41, 5.74) is 0. The normalized spacial score (nSPS) is 14.9. The van der Waals surface area contributed by atoms with Gasteiger partial charge in [-0.2, -0.15) is 0 Å². The summed E-state index contributed by atoms with van der Waals surface area (Å²) >= 11 is 5.91. The van der Waals surface area contributed by atoms with Gasteiger partial charge in [0, 0.05) is 58.4 Å². The number of aliphatic imine (C=N–C) groups is 1. The second-order valence-corrected chi connectivity index (χ2v) is 7.85. The van der Waals surface area contributed by atoms with Crippen LogP contribution in [0.15, 0.2) is 29.3 Å². The molecular formula is C21H33ClIN7O2. The summed E-state index contributed by atoms with van der Waals surface area (Å²) in [5.74, 6) is 3.46. The molecule has 0 aliphatic carbocycles. The Morgan fingerprint density at radius 2 is 1.84 bits per heavy atom. The molecule has 1 fully saturated rings. The number of aromatic nitrogens is 3. The summed E-state index contributed by atoms with van der Waals surface area (Å²) in [6.45, 7) is 9.02. The van der Waals surface area contributed by atoms with Crippen molar-refractivity contribution in [3.8, 4) is 5.75 Å². The third-order valence-electron chi connectivity index (χ3n) is 5.30. The molecule has 2 heterocycles.